The molecule has 2 aromatic rings. The smallest absolute Gasteiger partial charge is 0.326 e. The first-order valence-corrected chi connectivity index (χ1v) is 13.5. The Labute approximate surface area is 211 Å². The molecule has 1 fully saturated rings. The van der Waals surface area contributed by atoms with E-state index in [-0.39, 0.29) is 30.8 Å². The van der Waals surface area contributed by atoms with Crippen molar-refractivity contribution >= 4 is 40.2 Å². The molecule has 0 bridgehead atoms. The van der Waals surface area contributed by atoms with Gasteiger partial charge in [-0.25, -0.2) is 4.79 Å². The molecule has 4 N–H and O–H groups in total. The number of nitrogens with one attached hydrogen (secondary N) is 3. The number of nitrogens with zero attached hydrogens (tertiary/aromatic N) is 1. The van der Waals surface area contributed by atoms with Crippen LogP contribution >= 0.6 is 11.8 Å². The number of carbonyl (C=O) groups excluding carboxylic acids is 2. The molecule has 8 nitrogen and oxygen atoms in total. The van der Waals surface area contributed by atoms with Crippen LogP contribution in [0.15, 0.2) is 42.5 Å². The first kappa shape index (κ1) is 27.1. The third-order valence-electron chi connectivity index (χ3n) is 6.40. The van der Waals surface area contributed by atoms with E-state index < -0.39 is 18.1 Å². The summed E-state index contributed by atoms with van der Waals surface area (Å²) in [5.74, 6) is -0.795. The highest BCUT2D eigenvalue weighted by Gasteiger charge is 2.36. The fraction of sp³-hybridized carbons (Fsp3) is 0.500. The summed E-state index contributed by atoms with van der Waals surface area (Å²) in [6.07, 6.45) is 4.06. The molecule has 1 amide bonds. The lowest BCUT2D eigenvalue weighted by Gasteiger charge is -2.35. The van der Waals surface area contributed by atoms with Gasteiger partial charge in [-0.1, -0.05) is 42.5 Å². The molecule has 1 aliphatic rings. The number of benzene rings is 2. The topological polar surface area (TPSA) is 111 Å². The van der Waals surface area contributed by atoms with Gasteiger partial charge in [0.2, 0.25) is 5.91 Å². The van der Waals surface area contributed by atoms with Gasteiger partial charge in [0.15, 0.2) is 5.78 Å². The summed E-state index contributed by atoms with van der Waals surface area (Å²) in [5.41, 5.74) is 1.02. The number of carboxylic acids is 1. The second kappa shape index (κ2) is 13.6. The Morgan fingerprint density at radius 3 is 2.66 bits per heavy atom. The van der Waals surface area contributed by atoms with Crippen molar-refractivity contribution in [1.29, 1.82) is 0 Å². The third kappa shape index (κ3) is 7.51. The molecule has 2 aromatic carbocycles. The highest BCUT2D eigenvalue weighted by Crippen LogP contribution is 2.23. The normalized spacial score (nSPS) is 17.4. The van der Waals surface area contributed by atoms with Gasteiger partial charge in [-0.2, -0.15) is 11.8 Å². The summed E-state index contributed by atoms with van der Waals surface area (Å²) in [7, 11) is 1.74. The second-order valence-electron chi connectivity index (χ2n) is 8.93. The molecule has 3 atom stereocenters. The van der Waals surface area contributed by atoms with Gasteiger partial charge >= 0.3 is 5.97 Å². The van der Waals surface area contributed by atoms with Gasteiger partial charge in [-0.05, 0) is 61.2 Å². The quantitative estimate of drug-likeness (QED) is 0.311. The monoisotopic (exact) mass is 500 g/mol. The van der Waals surface area contributed by atoms with E-state index in [0.717, 1.165) is 35.7 Å². The van der Waals surface area contributed by atoms with E-state index in [1.165, 1.54) is 11.8 Å². The first-order valence-electron chi connectivity index (χ1n) is 12.1. The number of carbonyl (C=O) groups is 3. The van der Waals surface area contributed by atoms with Crippen LogP contribution in [0.4, 0.5) is 0 Å². The van der Waals surface area contributed by atoms with E-state index in [2.05, 4.69) is 16.0 Å². The maximum absolute atomic E-state index is 13.3. The second-order valence-corrected chi connectivity index (χ2v) is 9.91. The lowest BCUT2D eigenvalue weighted by molar-refractivity contribution is -0.142. The molecule has 3 rings (SSSR count). The van der Waals surface area contributed by atoms with Crippen molar-refractivity contribution in [3.05, 3.63) is 48.0 Å². The lowest BCUT2D eigenvalue weighted by atomic mass is 9.97. The fourth-order valence-corrected chi connectivity index (χ4v) is 5.23. The fourth-order valence-electron chi connectivity index (χ4n) is 4.76. The van der Waals surface area contributed by atoms with Gasteiger partial charge in [0.05, 0.1) is 19.1 Å². The Kier molecular flexibility index (Phi) is 10.5. The van der Waals surface area contributed by atoms with Crippen LogP contribution < -0.4 is 16.0 Å². The summed E-state index contributed by atoms with van der Waals surface area (Å²) < 4.78 is 0. The summed E-state index contributed by atoms with van der Waals surface area (Å²) >= 11 is 1.54. The van der Waals surface area contributed by atoms with Crippen molar-refractivity contribution in [2.45, 2.75) is 43.9 Å². The summed E-state index contributed by atoms with van der Waals surface area (Å²) in [6, 6.07) is 12.6. The van der Waals surface area contributed by atoms with Crippen LogP contribution in [0, 0.1) is 0 Å². The molecule has 0 aliphatic carbocycles. The average Bonchev–Trinajstić information content (AvgIpc) is 3.36. The van der Waals surface area contributed by atoms with Crippen LogP contribution in [-0.4, -0.2) is 84.5 Å². The molecule has 1 aliphatic heterocycles. The zero-order chi connectivity index (χ0) is 25.2. The molecule has 1 saturated heterocycles. The molecule has 0 spiro atoms. The molecular weight excluding hydrogens is 464 g/mol. The largest absolute Gasteiger partial charge is 0.480 e. The van der Waals surface area contributed by atoms with Crippen LogP contribution in [-0.2, 0) is 20.9 Å². The van der Waals surface area contributed by atoms with Gasteiger partial charge in [0.25, 0.3) is 0 Å². The Balaban J connectivity index is 1.91. The minimum Gasteiger partial charge on any atom is -0.480 e. The van der Waals surface area contributed by atoms with Crippen LogP contribution in [0.2, 0.25) is 0 Å². The van der Waals surface area contributed by atoms with Gasteiger partial charge < -0.3 is 21.1 Å². The van der Waals surface area contributed by atoms with Gasteiger partial charge in [-0.15, -0.1) is 0 Å². The molecule has 1 heterocycles. The SMILES string of the molecule is CNCC(=O)C([C@@H]1CCCN1)N(CC(=O)N[C@@H](CCSC)C(=O)O)Cc1cccc2ccccc12. The Bertz CT molecular complexity index is 1010. The zero-order valence-electron chi connectivity index (χ0n) is 20.5. The summed E-state index contributed by atoms with van der Waals surface area (Å²) in [5, 5.41) is 20.8. The number of thioether (sulfide) groups is 1. The number of amides is 1. The first-order chi connectivity index (χ1) is 16.9. The molecule has 0 aromatic heterocycles. The van der Waals surface area contributed by atoms with Crippen molar-refractivity contribution in [2.24, 2.45) is 0 Å². The van der Waals surface area contributed by atoms with Crippen LogP contribution in [0.25, 0.3) is 10.8 Å². The van der Waals surface area contributed by atoms with Crippen molar-refractivity contribution in [3.8, 4) is 0 Å². The van der Waals surface area contributed by atoms with Crippen molar-refractivity contribution in [2.75, 3.05) is 38.7 Å². The van der Waals surface area contributed by atoms with Gasteiger partial charge in [0.1, 0.15) is 6.04 Å². The molecular formula is C26H36N4O4S. The Morgan fingerprint density at radius 2 is 1.97 bits per heavy atom. The lowest BCUT2D eigenvalue weighted by Crippen LogP contribution is -2.57. The van der Waals surface area contributed by atoms with E-state index in [1.54, 1.807) is 7.05 Å². The Hall–Kier alpha value is -2.46. The summed E-state index contributed by atoms with van der Waals surface area (Å²) in [4.78, 5) is 40.0. The molecule has 0 saturated carbocycles. The van der Waals surface area contributed by atoms with E-state index in [1.807, 2.05) is 53.6 Å². The van der Waals surface area contributed by atoms with Crippen LogP contribution in [0.5, 0.6) is 0 Å². The number of hydrogen-bond acceptors (Lipinski definition) is 7. The van der Waals surface area contributed by atoms with E-state index in [4.69, 9.17) is 0 Å². The maximum Gasteiger partial charge on any atom is 0.326 e. The third-order valence-corrected chi connectivity index (χ3v) is 7.04. The number of ketones is 1. The zero-order valence-corrected chi connectivity index (χ0v) is 21.3. The average molecular weight is 501 g/mol. The van der Waals surface area contributed by atoms with Gasteiger partial charge in [-0.3, -0.25) is 14.5 Å². The van der Waals surface area contributed by atoms with E-state index in [9.17, 15) is 19.5 Å². The molecule has 9 heteroatoms. The minimum absolute atomic E-state index is 0.0112. The van der Waals surface area contributed by atoms with Crippen molar-refractivity contribution in [3.63, 3.8) is 0 Å². The maximum atomic E-state index is 13.3. The van der Waals surface area contributed by atoms with Gasteiger partial charge in [0, 0.05) is 12.6 Å². The predicted octanol–water partition coefficient (Wildman–Crippen LogP) is 1.87. The summed E-state index contributed by atoms with van der Waals surface area (Å²) in [6.45, 7) is 1.36. The molecule has 35 heavy (non-hydrogen) atoms. The highest BCUT2D eigenvalue weighted by molar-refractivity contribution is 7.98. The number of hydrogen-bond donors (Lipinski definition) is 4. The van der Waals surface area contributed by atoms with Crippen molar-refractivity contribution < 1.29 is 19.5 Å². The number of aliphatic carboxylic acids is 1. The number of carboxylic acid groups (broad SMARTS) is 1. The highest BCUT2D eigenvalue weighted by atomic mass is 32.2. The predicted molar refractivity (Wildman–Crippen MR) is 141 cm³/mol. The number of rotatable bonds is 14. The number of fused-ring (bicyclic) bond motifs is 1. The number of Topliss-reactive ketones (excluding diaryl/α,β-unsaturated/α-hetero) is 1. The van der Waals surface area contributed by atoms with E-state index >= 15 is 0 Å². The van der Waals surface area contributed by atoms with Crippen LogP contribution in [0.3, 0.4) is 0 Å². The van der Waals surface area contributed by atoms with E-state index in [0.29, 0.717) is 18.7 Å². The standard InChI is InChI=1S/C26H36N4O4S/c1-27-15-23(31)25(21-11-6-13-28-21)30(17-24(32)29-22(26(33)34)12-14-35-2)16-19-9-5-8-18-7-3-4-10-20(18)19/h3-5,7-10,21-22,25,27-28H,6,11-17H2,1-2H3,(H,29,32)(H,33,34)/t21-,22-,25?/m0/s1. The molecule has 0 radical (unpaired) electrons. The minimum atomic E-state index is -1.05. The number of likely N-dealkylation sites (N-methyl/N-ethyl adjacent to an activating group) is 1. The molecule has 190 valence electrons. The van der Waals surface area contributed by atoms with Crippen LogP contribution in [0.1, 0.15) is 24.8 Å². The Morgan fingerprint density at radius 1 is 1.20 bits per heavy atom. The molecule has 1 unspecified atom stereocenters. The van der Waals surface area contributed by atoms with Crippen molar-refractivity contribution in [1.82, 2.24) is 20.9 Å².